The SMILES string of the molecule is C#CCc1c(-c2ccc(OC(F)F)c(OC3CC3)c2)[nH]c2cn[nH]c(=O)c12. The van der Waals surface area contributed by atoms with E-state index in [0.29, 0.717) is 27.7 Å². The first kappa shape index (κ1) is 17.1. The Labute approximate surface area is 152 Å². The Morgan fingerprint density at radius 3 is 2.85 bits per heavy atom. The lowest BCUT2D eigenvalue weighted by atomic mass is 10.0. The van der Waals surface area contributed by atoms with Gasteiger partial charge in [0.1, 0.15) is 0 Å². The highest BCUT2D eigenvalue weighted by Gasteiger charge is 2.26. The summed E-state index contributed by atoms with van der Waals surface area (Å²) in [4.78, 5) is 15.3. The third kappa shape index (κ3) is 3.36. The van der Waals surface area contributed by atoms with E-state index in [1.807, 2.05) is 0 Å². The molecule has 27 heavy (non-hydrogen) atoms. The molecule has 138 valence electrons. The zero-order valence-electron chi connectivity index (χ0n) is 14.1. The van der Waals surface area contributed by atoms with Gasteiger partial charge in [-0.15, -0.1) is 12.3 Å². The molecule has 0 unspecified atom stereocenters. The van der Waals surface area contributed by atoms with E-state index in [9.17, 15) is 13.6 Å². The molecule has 8 heteroatoms. The monoisotopic (exact) mass is 371 g/mol. The van der Waals surface area contributed by atoms with Gasteiger partial charge in [-0.2, -0.15) is 13.9 Å². The van der Waals surface area contributed by atoms with E-state index in [1.165, 1.54) is 12.3 Å². The van der Waals surface area contributed by atoms with Crippen molar-refractivity contribution in [2.45, 2.75) is 32.0 Å². The lowest BCUT2D eigenvalue weighted by Gasteiger charge is -2.13. The van der Waals surface area contributed by atoms with E-state index in [4.69, 9.17) is 11.2 Å². The summed E-state index contributed by atoms with van der Waals surface area (Å²) in [6, 6.07) is 4.65. The number of ether oxygens (including phenoxy) is 2. The summed E-state index contributed by atoms with van der Waals surface area (Å²) in [6.45, 7) is -2.95. The van der Waals surface area contributed by atoms with Crippen molar-refractivity contribution in [3.63, 3.8) is 0 Å². The van der Waals surface area contributed by atoms with Gasteiger partial charge < -0.3 is 14.5 Å². The molecule has 2 aromatic heterocycles. The lowest BCUT2D eigenvalue weighted by molar-refractivity contribution is -0.0516. The van der Waals surface area contributed by atoms with E-state index in [2.05, 4.69) is 25.8 Å². The second-order valence-corrected chi connectivity index (χ2v) is 6.20. The van der Waals surface area contributed by atoms with Crippen LogP contribution in [-0.2, 0) is 6.42 Å². The molecule has 0 radical (unpaired) electrons. The number of hydrogen-bond donors (Lipinski definition) is 2. The molecule has 0 bridgehead atoms. The summed E-state index contributed by atoms with van der Waals surface area (Å²) in [6.07, 6.45) is 8.92. The number of nitrogens with zero attached hydrogens (tertiary/aromatic N) is 1. The predicted molar refractivity (Wildman–Crippen MR) is 95.0 cm³/mol. The van der Waals surface area contributed by atoms with Crippen molar-refractivity contribution in [1.82, 2.24) is 15.2 Å². The van der Waals surface area contributed by atoms with Gasteiger partial charge in [0.05, 0.1) is 28.9 Å². The standard InChI is InChI=1S/C19H15F2N3O3/c1-2-3-12-16-13(9-22-24-18(16)25)23-17(12)10-4-7-14(27-19(20)21)15(8-10)26-11-5-6-11/h1,4,7-9,11,19,23H,3,5-6H2,(H,24,25). The summed E-state index contributed by atoms with van der Waals surface area (Å²) in [5, 5.41) is 6.60. The number of fused-ring (bicyclic) bond motifs is 1. The van der Waals surface area contributed by atoms with Crippen molar-refractivity contribution in [2.24, 2.45) is 0 Å². The van der Waals surface area contributed by atoms with Gasteiger partial charge in [-0.1, -0.05) is 0 Å². The van der Waals surface area contributed by atoms with Gasteiger partial charge in [0.25, 0.3) is 5.56 Å². The van der Waals surface area contributed by atoms with Crippen LogP contribution >= 0.6 is 0 Å². The van der Waals surface area contributed by atoms with Gasteiger partial charge in [0.15, 0.2) is 11.5 Å². The number of aromatic nitrogens is 3. The second kappa shape index (κ2) is 6.76. The molecular formula is C19H15F2N3O3. The number of H-pyrrole nitrogens is 2. The van der Waals surface area contributed by atoms with Crippen LogP contribution in [0.15, 0.2) is 29.2 Å². The minimum Gasteiger partial charge on any atom is -0.487 e. The Morgan fingerprint density at radius 2 is 2.15 bits per heavy atom. The molecule has 2 N–H and O–H groups in total. The van der Waals surface area contributed by atoms with Crippen LogP contribution in [0, 0.1) is 12.3 Å². The Hall–Kier alpha value is -3.34. The molecule has 0 spiro atoms. The highest BCUT2D eigenvalue weighted by molar-refractivity contribution is 5.90. The van der Waals surface area contributed by atoms with E-state index < -0.39 is 6.61 Å². The predicted octanol–water partition coefficient (Wildman–Crippen LogP) is 3.24. The van der Waals surface area contributed by atoms with Gasteiger partial charge in [-0.05, 0) is 31.0 Å². The molecule has 6 nitrogen and oxygen atoms in total. The zero-order valence-corrected chi connectivity index (χ0v) is 14.1. The number of terminal acetylenes is 1. The summed E-state index contributed by atoms with van der Waals surface area (Å²) in [5.74, 6) is 2.74. The van der Waals surface area contributed by atoms with Crippen LogP contribution in [0.4, 0.5) is 8.78 Å². The maximum Gasteiger partial charge on any atom is 0.387 e. The number of hydrogen-bond acceptors (Lipinski definition) is 4. The molecule has 1 aliphatic rings. The minimum absolute atomic E-state index is 0.000194. The molecule has 1 aliphatic carbocycles. The van der Waals surface area contributed by atoms with Crippen molar-refractivity contribution >= 4 is 10.9 Å². The fraction of sp³-hybridized carbons (Fsp3) is 0.263. The van der Waals surface area contributed by atoms with Gasteiger partial charge in [0, 0.05) is 17.5 Å². The molecule has 1 fully saturated rings. The van der Waals surface area contributed by atoms with Crippen molar-refractivity contribution in [1.29, 1.82) is 0 Å². The molecule has 0 saturated heterocycles. The van der Waals surface area contributed by atoms with Crippen molar-refractivity contribution in [3.05, 3.63) is 40.3 Å². The normalized spacial score (nSPS) is 13.7. The maximum atomic E-state index is 12.7. The third-order valence-corrected chi connectivity index (χ3v) is 4.26. The Kier molecular flexibility index (Phi) is 4.28. The molecule has 2 heterocycles. The molecular weight excluding hydrogens is 356 g/mol. The highest BCUT2D eigenvalue weighted by Crippen LogP contribution is 2.39. The molecule has 0 atom stereocenters. The Bertz CT molecular complexity index is 1090. The summed E-state index contributed by atoms with van der Waals surface area (Å²) < 4.78 is 35.6. The van der Waals surface area contributed by atoms with Crippen molar-refractivity contribution in [2.75, 3.05) is 0 Å². The lowest BCUT2D eigenvalue weighted by Crippen LogP contribution is -2.08. The number of halogens is 2. The first-order valence-electron chi connectivity index (χ1n) is 8.34. The zero-order chi connectivity index (χ0) is 19.0. The van der Waals surface area contributed by atoms with E-state index in [1.54, 1.807) is 12.1 Å². The van der Waals surface area contributed by atoms with Crippen LogP contribution in [0.1, 0.15) is 18.4 Å². The Balaban J connectivity index is 1.85. The van der Waals surface area contributed by atoms with Crippen LogP contribution in [0.5, 0.6) is 11.5 Å². The van der Waals surface area contributed by atoms with Crippen molar-refractivity contribution in [3.8, 4) is 35.1 Å². The van der Waals surface area contributed by atoms with Crippen LogP contribution in [0.2, 0.25) is 0 Å². The van der Waals surface area contributed by atoms with E-state index >= 15 is 0 Å². The largest absolute Gasteiger partial charge is 0.487 e. The highest BCUT2D eigenvalue weighted by atomic mass is 19.3. The molecule has 0 aliphatic heterocycles. The summed E-state index contributed by atoms with van der Waals surface area (Å²) in [5.41, 5.74) is 2.08. The molecule has 4 rings (SSSR count). The first-order chi connectivity index (χ1) is 13.1. The Morgan fingerprint density at radius 1 is 1.33 bits per heavy atom. The first-order valence-corrected chi connectivity index (χ1v) is 8.34. The van der Waals surface area contributed by atoms with Crippen LogP contribution in [0.3, 0.4) is 0 Å². The maximum absolute atomic E-state index is 12.7. The third-order valence-electron chi connectivity index (χ3n) is 4.26. The number of aromatic amines is 2. The smallest absolute Gasteiger partial charge is 0.387 e. The van der Waals surface area contributed by atoms with E-state index in [-0.39, 0.29) is 29.6 Å². The van der Waals surface area contributed by atoms with Crippen LogP contribution in [-0.4, -0.2) is 27.9 Å². The second-order valence-electron chi connectivity index (χ2n) is 6.20. The number of nitrogens with one attached hydrogen (secondary N) is 2. The fourth-order valence-corrected chi connectivity index (χ4v) is 2.97. The minimum atomic E-state index is -2.95. The van der Waals surface area contributed by atoms with Crippen LogP contribution in [0.25, 0.3) is 22.2 Å². The van der Waals surface area contributed by atoms with Crippen LogP contribution < -0.4 is 15.0 Å². The fourth-order valence-electron chi connectivity index (χ4n) is 2.97. The summed E-state index contributed by atoms with van der Waals surface area (Å²) >= 11 is 0. The average Bonchev–Trinajstić information content (AvgIpc) is 3.36. The quantitative estimate of drug-likeness (QED) is 0.652. The molecule has 0 amide bonds. The average molecular weight is 371 g/mol. The van der Waals surface area contributed by atoms with Crippen molar-refractivity contribution < 1.29 is 18.3 Å². The number of benzene rings is 1. The number of rotatable bonds is 6. The van der Waals surface area contributed by atoms with E-state index in [0.717, 1.165) is 12.8 Å². The van der Waals surface area contributed by atoms with Gasteiger partial charge in [-0.3, -0.25) is 4.79 Å². The van der Waals surface area contributed by atoms with Gasteiger partial charge >= 0.3 is 6.61 Å². The summed E-state index contributed by atoms with van der Waals surface area (Å²) in [7, 11) is 0. The molecule has 1 saturated carbocycles. The van der Waals surface area contributed by atoms with Gasteiger partial charge in [0.2, 0.25) is 0 Å². The molecule has 3 aromatic rings. The molecule has 1 aromatic carbocycles. The van der Waals surface area contributed by atoms with Gasteiger partial charge in [-0.25, -0.2) is 5.10 Å². The topological polar surface area (TPSA) is 80.0 Å². The number of alkyl halides is 2.